The van der Waals surface area contributed by atoms with Crippen LogP contribution in [0, 0.1) is 11.7 Å². The van der Waals surface area contributed by atoms with Gasteiger partial charge in [-0.05, 0) is 37.5 Å². The molecule has 32 heavy (non-hydrogen) atoms. The molecule has 168 valence electrons. The van der Waals surface area contributed by atoms with Crippen LogP contribution in [0.4, 0.5) is 26.1 Å². The van der Waals surface area contributed by atoms with Crippen LogP contribution in [-0.4, -0.2) is 39.1 Å². The van der Waals surface area contributed by atoms with Crippen molar-refractivity contribution in [3.63, 3.8) is 0 Å². The number of hydrogen-bond donors (Lipinski definition) is 2. The first-order valence-corrected chi connectivity index (χ1v) is 10.4. The average molecular weight is 442 g/mol. The van der Waals surface area contributed by atoms with Gasteiger partial charge in [-0.25, -0.2) is 18.7 Å². The quantitative estimate of drug-likeness (QED) is 0.584. The number of carbonyl (C=O) groups is 2. The summed E-state index contributed by atoms with van der Waals surface area (Å²) >= 11 is 0. The lowest BCUT2D eigenvalue weighted by Crippen LogP contribution is -2.23. The van der Waals surface area contributed by atoms with Gasteiger partial charge in [0.15, 0.2) is 5.82 Å². The molecule has 0 saturated heterocycles. The number of alkyl halides is 1. The minimum atomic E-state index is -1.14. The van der Waals surface area contributed by atoms with Gasteiger partial charge in [0.1, 0.15) is 23.3 Å². The Labute approximate surface area is 183 Å². The summed E-state index contributed by atoms with van der Waals surface area (Å²) in [5, 5.41) is 2.68. The molecular formula is C22H24F2N6O2. The van der Waals surface area contributed by atoms with Crippen molar-refractivity contribution in [2.75, 3.05) is 16.8 Å². The molecule has 0 bridgehead atoms. The number of nitrogens with zero attached hydrogens (tertiary/aromatic N) is 4. The van der Waals surface area contributed by atoms with Crippen LogP contribution in [0.5, 0.6) is 0 Å². The van der Waals surface area contributed by atoms with E-state index in [4.69, 9.17) is 5.73 Å². The lowest BCUT2D eigenvalue weighted by atomic mass is 10.0. The van der Waals surface area contributed by atoms with Gasteiger partial charge in [0, 0.05) is 25.2 Å². The van der Waals surface area contributed by atoms with Crippen LogP contribution < -0.4 is 16.0 Å². The zero-order valence-electron chi connectivity index (χ0n) is 18.0. The van der Waals surface area contributed by atoms with E-state index in [1.165, 1.54) is 0 Å². The highest BCUT2D eigenvalue weighted by Gasteiger charge is 2.44. The van der Waals surface area contributed by atoms with E-state index in [9.17, 15) is 14.0 Å². The summed E-state index contributed by atoms with van der Waals surface area (Å²) in [5.74, 6) is -1.88. The van der Waals surface area contributed by atoms with Crippen LogP contribution in [0.15, 0.2) is 24.5 Å². The Kier molecular flexibility index (Phi) is 5.53. The Morgan fingerprint density at radius 2 is 2.03 bits per heavy atom. The molecule has 2 atom stereocenters. The van der Waals surface area contributed by atoms with Gasteiger partial charge in [0.2, 0.25) is 11.8 Å². The normalized spacial score (nSPS) is 17.4. The third-order valence-electron chi connectivity index (χ3n) is 5.66. The number of hydrogen-bond acceptors (Lipinski definition) is 5. The molecule has 3 aromatic rings. The number of nitrogens with two attached hydrogens (primary N) is 1. The van der Waals surface area contributed by atoms with E-state index in [0.29, 0.717) is 35.4 Å². The predicted octanol–water partition coefficient (Wildman–Crippen LogP) is 3.22. The van der Waals surface area contributed by atoms with Gasteiger partial charge in [-0.2, -0.15) is 0 Å². The summed E-state index contributed by atoms with van der Waals surface area (Å²) < 4.78 is 30.3. The molecule has 0 spiro atoms. The Balaban J connectivity index is 1.83. The van der Waals surface area contributed by atoms with Crippen molar-refractivity contribution in [2.24, 2.45) is 18.7 Å². The Hall–Kier alpha value is -3.56. The molecule has 1 aliphatic carbocycles. The van der Waals surface area contributed by atoms with Gasteiger partial charge in [0.25, 0.3) is 0 Å². The summed E-state index contributed by atoms with van der Waals surface area (Å²) in [6.45, 7) is 4.05. The van der Waals surface area contributed by atoms with E-state index in [0.717, 1.165) is 6.07 Å². The largest absolute Gasteiger partial charge is 0.366 e. The number of aromatic nitrogens is 3. The SMILES string of the molecule is CCc1cc(C(N)=O)cc(F)c1N(CC)c1cc2c(ncn2C)c(NC(=O)[C@H]2C[C@H]2F)n1. The fraction of sp³-hybridized carbons (Fsp3) is 0.364. The fourth-order valence-electron chi connectivity index (χ4n) is 3.79. The second-order valence-corrected chi connectivity index (χ2v) is 7.83. The van der Waals surface area contributed by atoms with Crippen LogP contribution in [-0.2, 0) is 18.3 Å². The fourth-order valence-corrected chi connectivity index (χ4v) is 3.79. The van der Waals surface area contributed by atoms with Crippen molar-refractivity contribution in [2.45, 2.75) is 32.9 Å². The van der Waals surface area contributed by atoms with Crippen LogP contribution in [0.3, 0.4) is 0 Å². The molecule has 1 aliphatic rings. The van der Waals surface area contributed by atoms with Gasteiger partial charge < -0.3 is 20.5 Å². The first-order chi connectivity index (χ1) is 15.2. The van der Waals surface area contributed by atoms with E-state index in [1.54, 1.807) is 35.0 Å². The molecule has 0 radical (unpaired) electrons. The van der Waals surface area contributed by atoms with Gasteiger partial charge in [0.05, 0.1) is 23.4 Å². The highest BCUT2D eigenvalue weighted by Crippen LogP contribution is 2.37. The number of benzene rings is 1. The molecule has 1 fully saturated rings. The molecule has 1 aromatic carbocycles. The number of anilines is 3. The van der Waals surface area contributed by atoms with Crippen molar-refractivity contribution in [1.29, 1.82) is 0 Å². The summed E-state index contributed by atoms with van der Waals surface area (Å²) in [5.41, 5.74) is 7.43. The van der Waals surface area contributed by atoms with Crippen molar-refractivity contribution >= 4 is 40.2 Å². The molecule has 4 rings (SSSR count). The number of amides is 2. The number of halogens is 2. The number of pyridine rings is 1. The first-order valence-electron chi connectivity index (χ1n) is 10.4. The minimum Gasteiger partial charge on any atom is -0.366 e. The van der Waals surface area contributed by atoms with Crippen molar-refractivity contribution in [1.82, 2.24) is 14.5 Å². The second kappa shape index (κ2) is 8.18. The molecule has 0 aliphatic heterocycles. The average Bonchev–Trinajstić information content (AvgIpc) is 3.38. The lowest BCUT2D eigenvalue weighted by Gasteiger charge is -2.26. The maximum absolute atomic E-state index is 15.2. The van der Waals surface area contributed by atoms with Gasteiger partial charge >= 0.3 is 0 Å². The van der Waals surface area contributed by atoms with E-state index >= 15 is 4.39 Å². The third-order valence-corrected chi connectivity index (χ3v) is 5.66. The van der Waals surface area contributed by atoms with Crippen LogP contribution in [0.25, 0.3) is 11.0 Å². The topological polar surface area (TPSA) is 106 Å². The van der Waals surface area contributed by atoms with Crippen molar-refractivity contribution in [3.05, 3.63) is 41.5 Å². The zero-order chi connectivity index (χ0) is 23.2. The van der Waals surface area contributed by atoms with Crippen molar-refractivity contribution in [3.8, 4) is 0 Å². The lowest BCUT2D eigenvalue weighted by molar-refractivity contribution is -0.117. The molecule has 2 heterocycles. The molecule has 0 unspecified atom stereocenters. The smallest absolute Gasteiger partial charge is 0.248 e. The van der Waals surface area contributed by atoms with E-state index in [1.807, 2.05) is 13.8 Å². The molecule has 10 heteroatoms. The highest BCUT2D eigenvalue weighted by atomic mass is 19.1. The molecular weight excluding hydrogens is 418 g/mol. The zero-order valence-corrected chi connectivity index (χ0v) is 18.0. The van der Waals surface area contributed by atoms with Gasteiger partial charge in [-0.1, -0.05) is 6.92 Å². The van der Waals surface area contributed by atoms with Crippen LogP contribution in [0.2, 0.25) is 0 Å². The summed E-state index contributed by atoms with van der Waals surface area (Å²) in [7, 11) is 1.79. The van der Waals surface area contributed by atoms with Gasteiger partial charge in [-0.3, -0.25) is 9.59 Å². The monoisotopic (exact) mass is 442 g/mol. The number of rotatable bonds is 7. The third kappa shape index (κ3) is 3.76. The molecule has 3 N–H and O–H groups in total. The number of aryl methyl sites for hydroxylation is 2. The summed E-state index contributed by atoms with van der Waals surface area (Å²) in [6.07, 6.45) is 1.09. The van der Waals surface area contributed by atoms with E-state index in [2.05, 4.69) is 15.3 Å². The number of nitrogens with one attached hydrogen (secondary N) is 1. The maximum atomic E-state index is 15.2. The van der Waals surface area contributed by atoms with Crippen LogP contribution in [0.1, 0.15) is 36.2 Å². The maximum Gasteiger partial charge on any atom is 0.248 e. The first kappa shape index (κ1) is 21.7. The summed E-state index contributed by atoms with van der Waals surface area (Å²) in [6, 6.07) is 4.43. The molecule has 2 aromatic heterocycles. The minimum absolute atomic E-state index is 0.0901. The van der Waals surface area contributed by atoms with E-state index < -0.39 is 29.7 Å². The molecule has 2 amide bonds. The second-order valence-electron chi connectivity index (χ2n) is 7.83. The Morgan fingerprint density at radius 3 is 2.62 bits per heavy atom. The van der Waals surface area contributed by atoms with Crippen molar-refractivity contribution < 1.29 is 18.4 Å². The number of fused-ring (bicyclic) bond motifs is 1. The molecule has 1 saturated carbocycles. The Bertz CT molecular complexity index is 1220. The Morgan fingerprint density at radius 1 is 1.31 bits per heavy atom. The number of carbonyl (C=O) groups excluding carboxylic acids is 2. The number of imidazole rings is 1. The number of primary amides is 1. The predicted molar refractivity (Wildman–Crippen MR) is 117 cm³/mol. The standard InChI is InChI=1S/C22H24F2N6O2/c1-4-11-6-12(20(25)31)7-15(24)19(11)30(5-2)17-9-16-18(26-10-29(16)3)21(27-17)28-22(32)13-8-14(13)23/h6-7,9-10,13-14H,4-5,8H2,1-3H3,(H2,25,31)(H,27,28,32)/t13-,14+/m0/s1. The highest BCUT2D eigenvalue weighted by molar-refractivity contribution is 6.01. The summed E-state index contributed by atoms with van der Waals surface area (Å²) in [4.78, 5) is 34.5. The van der Waals surface area contributed by atoms with E-state index in [-0.39, 0.29) is 23.5 Å². The molecule has 8 nitrogen and oxygen atoms in total. The van der Waals surface area contributed by atoms with Crippen LogP contribution >= 0.6 is 0 Å². The van der Waals surface area contributed by atoms with Gasteiger partial charge in [-0.15, -0.1) is 0 Å².